The third-order valence-electron chi connectivity index (χ3n) is 1.95. The van der Waals surface area contributed by atoms with E-state index in [0.29, 0.717) is 11.8 Å². The van der Waals surface area contributed by atoms with Gasteiger partial charge in [0.25, 0.3) is 0 Å². The molecule has 0 saturated heterocycles. The van der Waals surface area contributed by atoms with Crippen LogP contribution in [0.15, 0.2) is 30.3 Å². The van der Waals surface area contributed by atoms with E-state index in [1.807, 2.05) is 30.3 Å². The predicted octanol–water partition coefficient (Wildman–Crippen LogP) is 1.07. The van der Waals surface area contributed by atoms with Crippen molar-refractivity contribution >= 4 is 12.0 Å². The maximum atomic E-state index is 10.8. The molecule has 0 unspecified atom stereocenters. The van der Waals surface area contributed by atoms with Gasteiger partial charge in [0, 0.05) is 0 Å². The largest absolute Gasteiger partial charge is 0.351 e. The molecule has 2 rings (SSSR count). The van der Waals surface area contributed by atoms with Crippen LogP contribution < -0.4 is 11.1 Å². The summed E-state index contributed by atoms with van der Waals surface area (Å²) >= 11 is 0. The van der Waals surface area contributed by atoms with Crippen LogP contribution in [-0.4, -0.2) is 20.8 Å². The van der Waals surface area contributed by atoms with Gasteiger partial charge in [0.1, 0.15) is 5.82 Å². The summed E-state index contributed by atoms with van der Waals surface area (Å²) in [5.41, 5.74) is 5.86. The van der Waals surface area contributed by atoms with Crippen LogP contribution in [0.4, 0.5) is 10.7 Å². The Morgan fingerprint density at radius 3 is 2.69 bits per heavy atom. The second kappa shape index (κ2) is 4.01. The first-order valence-electron chi connectivity index (χ1n) is 4.72. The number of para-hydroxylation sites is 1. The van der Waals surface area contributed by atoms with Gasteiger partial charge in [0.05, 0.1) is 5.69 Å². The number of aromatic nitrogens is 3. The molecule has 0 bridgehead atoms. The van der Waals surface area contributed by atoms with Gasteiger partial charge in [-0.3, -0.25) is 5.32 Å². The monoisotopic (exact) mass is 217 g/mol. The minimum atomic E-state index is -0.662. The van der Waals surface area contributed by atoms with Crippen molar-refractivity contribution in [3.8, 4) is 5.69 Å². The Labute approximate surface area is 92.1 Å². The molecule has 0 saturated carbocycles. The van der Waals surface area contributed by atoms with E-state index in [4.69, 9.17) is 5.73 Å². The molecular formula is C10H11N5O. The Hall–Kier alpha value is -2.37. The van der Waals surface area contributed by atoms with E-state index in [-0.39, 0.29) is 0 Å². The number of carbonyl (C=O) groups is 1. The molecule has 6 heteroatoms. The number of hydrogen-bond donors (Lipinski definition) is 2. The number of primary amides is 1. The molecule has 1 aromatic carbocycles. The summed E-state index contributed by atoms with van der Waals surface area (Å²) in [4.78, 5) is 14.9. The summed E-state index contributed by atoms with van der Waals surface area (Å²) in [6, 6.07) is 8.71. The summed E-state index contributed by atoms with van der Waals surface area (Å²) in [6.07, 6.45) is 0. The third-order valence-corrected chi connectivity index (χ3v) is 1.95. The lowest BCUT2D eigenvalue weighted by Gasteiger charge is -2.04. The Morgan fingerprint density at radius 1 is 1.38 bits per heavy atom. The topological polar surface area (TPSA) is 85.8 Å². The predicted molar refractivity (Wildman–Crippen MR) is 59.3 cm³/mol. The molecule has 0 radical (unpaired) electrons. The van der Waals surface area contributed by atoms with Gasteiger partial charge in [-0.1, -0.05) is 18.2 Å². The van der Waals surface area contributed by atoms with Crippen LogP contribution >= 0.6 is 0 Å². The number of nitrogens with zero attached hydrogens (tertiary/aromatic N) is 3. The molecule has 2 aromatic rings. The van der Waals surface area contributed by atoms with Crippen molar-refractivity contribution < 1.29 is 4.79 Å². The van der Waals surface area contributed by atoms with E-state index >= 15 is 0 Å². The van der Waals surface area contributed by atoms with Crippen molar-refractivity contribution in [1.29, 1.82) is 0 Å². The van der Waals surface area contributed by atoms with Crippen LogP contribution in [0.3, 0.4) is 0 Å². The van der Waals surface area contributed by atoms with Crippen molar-refractivity contribution in [3.05, 3.63) is 36.2 Å². The Balaban J connectivity index is 2.44. The van der Waals surface area contributed by atoms with Crippen LogP contribution in [0.5, 0.6) is 0 Å². The molecule has 3 N–H and O–H groups in total. The first kappa shape index (κ1) is 10.2. The molecule has 1 heterocycles. The Morgan fingerprint density at radius 2 is 2.06 bits per heavy atom. The van der Waals surface area contributed by atoms with E-state index in [0.717, 1.165) is 5.69 Å². The van der Waals surface area contributed by atoms with Gasteiger partial charge in [0.15, 0.2) is 0 Å². The lowest BCUT2D eigenvalue weighted by Crippen LogP contribution is -2.21. The molecule has 0 spiro atoms. The lowest BCUT2D eigenvalue weighted by molar-refractivity contribution is 0.259. The SMILES string of the molecule is Cc1nc(NC(N)=O)n(-c2ccccc2)n1. The summed E-state index contributed by atoms with van der Waals surface area (Å²) < 4.78 is 1.53. The van der Waals surface area contributed by atoms with Gasteiger partial charge >= 0.3 is 6.03 Å². The minimum absolute atomic E-state index is 0.316. The number of hydrogen-bond acceptors (Lipinski definition) is 3. The Bertz CT molecular complexity index is 505. The fourth-order valence-corrected chi connectivity index (χ4v) is 1.36. The fourth-order valence-electron chi connectivity index (χ4n) is 1.36. The normalized spacial score (nSPS) is 10.1. The molecular weight excluding hydrogens is 206 g/mol. The summed E-state index contributed by atoms with van der Waals surface area (Å²) in [5.74, 6) is 0.879. The van der Waals surface area contributed by atoms with Crippen LogP contribution in [0.25, 0.3) is 5.69 Å². The summed E-state index contributed by atoms with van der Waals surface area (Å²) in [6.45, 7) is 1.74. The number of nitrogens with one attached hydrogen (secondary N) is 1. The van der Waals surface area contributed by atoms with Gasteiger partial charge in [-0.25, -0.2) is 4.79 Å². The molecule has 2 amide bonds. The highest BCUT2D eigenvalue weighted by Crippen LogP contribution is 2.12. The molecule has 16 heavy (non-hydrogen) atoms. The molecule has 0 aliphatic carbocycles. The number of rotatable bonds is 2. The van der Waals surface area contributed by atoms with E-state index in [1.54, 1.807) is 6.92 Å². The van der Waals surface area contributed by atoms with Crippen molar-refractivity contribution in [2.45, 2.75) is 6.92 Å². The fraction of sp³-hybridized carbons (Fsp3) is 0.100. The molecule has 0 aliphatic heterocycles. The second-order valence-corrected chi connectivity index (χ2v) is 3.22. The van der Waals surface area contributed by atoms with E-state index in [1.165, 1.54) is 4.68 Å². The molecule has 6 nitrogen and oxygen atoms in total. The van der Waals surface area contributed by atoms with Crippen molar-refractivity contribution in [2.75, 3.05) is 5.32 Å². The zero-order valence-electron chi connectivity index (χ0n) is 8.71. The van der Waals surface area contributed by atoms with Gasteiger partial charge in [-0.2, -0.15) is 9.67 Å². The number of aryl methyl sites for hydroxylation is 1. The number of nitrogens with two attached hydrogens (primary N) is 1. The van der Waals surface area contributed by atoms with E-state index in [9.17, 15) is 4.79 Å². The summed E-state index contributed by atoms with van der Waals surface area (Å²) in [7, 11) is 0. The maximum absolute atomic E-state index is 10.8. The van der Waals surface area contributed by atoms with E-state index < -0.39 is 6.03 Å². The highest BCUT2D eigenvalue weighted by molar-refractivity contribution is 5.86. The Kier molecular flexibility index (Phi) is 2.55. The van der Waals surface area contributed by atoms with Gasteiger partial charge in [-0.15, -0.1) is 5.10 Å². The molecule has 0 aliphatic rings. The number of benzene rings is 1. The molecule has 0 atom stereocenters. The first-order valence-corrected chi connectivity index (χ1v) is 4.72. The number of urea groups is 1. The van der Waals surface area contributed by atoms with Crippen molar-refractivity contribution in [1.82, 2.24) is 14.8 Å². The standard InChI is InChI=1S/C10H11N5O/c1-7-12-10(13-9(11)16)15(14-7)8-5-3-2-4-6-8/h2-6H,1H3,(H3,11,12,13,14,16). The smallest absolute Gasteiger partial charge is 0.319 e. The van der Waals surface area contributed by atoms with Crippen LogP contribution in [-0.2, 0) is 0 Å². The number of carbonyl (C=O) groups excluding carboxylic acids is 1. The highest BCUT2D eigenvalue weighted by Gasteiger charge is 2.09. The van der Waals surface area contributed by atoms with E-state index in [2.05, 4.69) is 15.4 Å². The minimum Gasteiger partial charge on any atom is -0.351 e. The van der Waals surface area contributed by atoms with Crippen LogP contribution in [0.2, 0.25) is 0 Å². The maximum Gasteiger partial charge on any atom is 0.319 e. The second-order valence-electron chi connectivity index (χ2n) is 3.22. The third kappa shape index (κ3) is 2.00. The molecule has 0 fully saturated rings. The van der Waals surface area contributed by atoms with Crippen LogP contribution in [0, 0.1) is 6.92 Å². The average molecular weight is 217 g/mol. The zero-order valence-corrected chi connectivity index (χ0v) is 8.71. The van der Waals surface area contributed by atoms with Crippen LogP contribution in [0.1, 0.15) is 5.82 Å². The average Bonchev–Trinajstić information content (AvgIpc) is 2.60. The van der Waals surface area contributed by atoms with Gasteiger partial charge in [0.2, 0.25) is 5.95 Å². The quantitative estimate of drug-likeness (QED) is 0.788. The first-order chi connectivity index (χ1) is 7.66. The number of amides is 2. The van der Waals surface area contributed by atoms with Crippen molar-refractivity contribution in [3.63, 3.8) is 0 Å². The lowest BCUT2D eigenvalue weighted by atomic mass is 10.3. The summed E-state index contributed by atoms with van der Waals surface area (Å²) in [5, 5.41) is 6.59. The number of anilines is 1. The molecule has 1 aromatic heterocycles. The zero-order chi connectivity index (χ0) is 11.5. The highest BCUT2D eigenvalue weighted by atomic mass is 16.2. The van der Waals surface area contributed by atoms with Crippen molar-refractivity contribution in [2.24, 2.45) is 5.73 Å². The van der Waals surface area contributed by atoms with Gasteiger partial charge < -0.3 is 5.73 Å². The molecule has 82 valence electrons. The van der Waals surface area contributed by atoms with Gasteiger partial charge in [-0.05, 0) is 19.1 Å².